The summed E-state index contributed by atoms with van der Waals surface area (Å²) in [5.74, 6) is -0.302. The number of pyridine rings is 1. The van der Waals surface area contributed by atoms with Crippen molar-refractivity contribution in [2.45, 2.75) is 6.54 Å². The lowest BCUT2D eigenvalue weighted by atomic mass is 10.3. The van der Waals surface area contributed by atoms with Crippen molar-refractivity contribution in [2.75, 3.05) is 37.4 Å². The predicted octanol–water partition coefficient (Wildman–Crippen LogP) is 2.27. The Hall–Kier alpha value is -2.88. The van der Waals surface area contributed by atoms with Crippen LogP contribution in [-0.4, -0.2) is 52.1 Å². The molecule has 0 bridgehead atoms. The summed E-state index contributed by atoms with van der Waals surface area (Å²) in [6.07, 6.45) is 4.80. The molecular weight excluding hydrogens is 376 g/mol. The number of nitrogens with zero attached hydrogens (tertiary/aromatic N) is 4. The molecule has 3 aromatic rings. The van der Waals surface area contributed by atoms with Gasteiger partial charge in [0.2, 0.25) is 0 Å². The zero-order chi connectivity index (χ0) is 19.3. The van der Waals surface area contributed by atoms with E-state index in [1.165, 1.54) is 4.88 Å². The van der Waals surface area contributed by atoms with Gasteiger partial charge in [0.05, 0.1) is 30.0 Å². The number of anilines is 2. The lowest BCUT2D eigenvalue weighted by Gasteiger charge is -2.25. The molecular formula is C19H20N6O2S. The molecule has 8 nitrogen and oxygen atoms in total. The molecule has 4 heterocycles. The number of hydrogen-bond donors (Lipinski definition) is 2. The van der Waals surface area contributed by atoms with Gasteiger partial charge in [0.15, 0.2) is 11.5 Å². The minimum Gasteiger partial charge on any atom is -0.382 e. The van der Waals surface area contributed by atoms with Crippen molar-refractivity contribution in [2.24, 2.45) is 0 Å². The lowest BCUT2D eigenvalue weighted by molar-refractivity contribution is 0.0346. The van der Waals surface area contributed by atoms with E-state index in [1.807, 2.05) is 6.07 Å². The highest BCUT2D eigenvalue weighted by Crippen LogP contribution is 2.28. The van der Waals surface area contributed by atoms with Crippen LogP contribution in [-0.2, 0) is 11.3 Å². The number of amides is 1. The first kappa shape index (κ1) is 18.5. The molecule has 0 atom stereocenters. The lowest BCUT2D eigenvalue weighted by Crippen LogP contribution is -2.35. The highest BCUT2D eigenvalue weighted by Gasteiger charge is 2.17. The fourth-order valence-corrected chi connectivity index (χ4v) is 3.89. The summed E-state index contributed by atoms with van der Waals surface area (Å²) in [5.41, 5.74) is 7.25. The number of morpholine rings is 1. The van der Waals surface area contributed by atoms with Crippen molar-refractivity contribution < 1.29 is 9.53 Å². The average Bonchev–Trinajstić information content (AvgIpc) is 3.18. The summed E-state index contributed by atoms with van der Waals surface area (Å²) in [5, 5.41) is 2.76. The van der Waals surface area contributed by atoms with Crippen LogP contribution in [0, 0.1) is 0 Å². The van der Waals surface area contributed by atoms with Gasteiger partial charge >= 0.3 is 0 Å². The van der Waals surface area contributed by atoms with Crippen molar-refractivity contribution in [3.63, 3.8) is 0 Å². The van der Waals surface area contributed by atoms with E-state index < -0.39 is 5.91 Å². The standard InChI is InChI=1S/C19H20N6O2S/c20-18-17(19(26)23-13-3-5-21-6-4-13)24-15(11-22-18)16-2-1-14(28-16)12-25-7-9-27-10-8-25/h1-6,11H,7-10,12H2,(H2,20,22)(H,21,23,26). The summed E-state index contributed by atoms with van der Waals surface area (Å²) >= 11 is 1.64. The molecule has 9 heteroatoms. The SMILES string of the molecule is Nc1ncc(-c2ccc(CN3CCOCC3)s2)nc1C(=O)Nc1ccncc1. The van der Waals surface area contributed by atoms with E-state index in [-0.39, 0.29) is 11.5 Å². The number of ether oxygens (including phenoxy) is 1. The second-order valence-electron chi connectivity index (χ2n) is 6.33. The Bertz CT molecular complexity index is 956. The maximum Gasteiger partial charge on any atom is 0.278 e. The van der Waals surface area contributed by atoms with Gasteiger partial charge in [0.1, 0.15) is 0 Å². The van der Waals surface area contributed by atoms with Crippen LogP contribution in [0.4, 0.5) is 11.5 Å². The second-order valence-corrected chi connectivity index (χ2v) is 7.50. The van der Waals surface area contributed by atoms with Crippen LogP contribution >= 0.6 is 11.3 Å². The van der Waals surface area contributed by atoms with E-state index in [4.69, 9.17) is 10.5 Å². The Morgan fingerprint density at radius 2 is 2.00 bits per heavy atom. The molecule has 0 unspecified atom stereocenters. The highest BCUT2D eigenvalue weighted by molar-refractivity contribution is 7.15. The van der Waals surface area contributed by atoms with E-state index in [0.29, 0.717) is 11.4 Å². The van der Waals surface area contributed by atoms with Gasteiger partial charge in [0, 0.05) is 42.6 Å². The Balaban J connectivity index is 1.51. The molecule has 4 rings (SSSR count). The molecule has 3 aromatic heterocycles. The van der Waals surface area contributed by atoms with Gasteiger partial charge in [-0.1, -0.05) is 0 Å². The molecule has 1 aliphatic rings. The van der Waals surface area contributed by atoms with E-state index in [9.17, 15) is 4.79 Å². The quantitative estimate of drug-likeness (QED) is 0.681. The van der Waals surface area contributed by atoms with Gasteiger partial charge in [-0.15, -0.1) is 11.3 Å². The van der Waals surface area contributed by atoms with Gasteiger partial charge in [-0.3, -0.25) is 14.7 Å². The molecule has 1 saturated heterocycles. The maximum atomic E-state index is 12.6. The fraction of sp³-hybridized carbons (Fsp3) is 0.263. The number of nitrogens with one attached hydrogen (secondary N) is 1. The van der Waals surface area contributed by atoms with Crippen molar-refractivity contribution >= 4 is 28.7 Å². The van der Waals surface area contributed by atoms with E-state index in [0.717, 1.165) is 37.7 Å². The number of nitrogen functional groups attached to an aromatic ring is 1. The molecule has 1 fully saturated rings. The fourth-order valence-electron chi connectivity index (χ4n) is 2.89. The number of thiophene rings is 1. The van der Waals surface area contributed by atoms with Gasteiger partial charge in [-0.25, -0.2) is 9.97 Å². The normalized spacial score (nSPS) is 14.7. The zero-order valence-electron chi connectivity index (χ0n) is 15.2. The molecule has 144 valence electrons. The van der Waals surface area contributed by atoms with Crippen LogP contribution in [0.15, 0.2) is 42.9 Å². The zero-order valence-corrected chi connectivity index (χ0v) is 16.0. The van der Waals surface area contributed by atoms with Crippen LogP contribution < -0.4 is 11.1 Å². The van der Waals surface area contributed by atoms with Crippen LogP contribution in [0.25, 0.3) is 10.6 Å². The first-order chi connectivity index (χ1) is 13.7. The number of rotatable bonds is 5. The summed E-state index contributed by atoms with van der Waals surface area (Å²) in [4.78, 5) is 29.7. The summed E-state index contributed by atoms with van der Waals surface area (Å²) < 4.78 is 5.39. The van der Waals surface area contributed by atoms with Crippen LogP contribution in [0.3, 0.4) is 0 Å². The minimum absolute atomic E-state index is 0.0976. The third kappa shape index (κ3) is 4.33. The third-order valence-corrected chi connectivity index (χ3v) is 5.44. The van der Waals surface area contributed by atoms with Gasteiger partial charge in [0.25, 0.3) is 5.91 Å². The smallest absolute Gasteiger partial charge is 0.278 e. The molecule has 3 N–H and O–H groups in total. The molecule has 28 heavy (non-hydrogen) atoms. The monoisotopic (exact) mass is 396 g/mol. The van der Waals surface area contributed by atoms with Crippen molar-refractivity contribution in [1.82, 2.24) is 19.9 Å². The largest absolute Gasteiger partial charge is 0.382 e. The van der Waals surface area contributed by atoms with Crippen molar-refractivity contribution in [3.05, 3.63) is 53.4 Å². The average molecular weight is 396 g/mol. The highest BCUT2D eigenvalue weighted by atomic mass is 32.1. The summed E-state index contributed by atoms with van der Waals surface area (Å²) in [6, 6.07) is 7.49. The molecule has 1 aliphatic heterocycles. The Morgan fingerprint density at radius 3 is 2.79 bits per heavy atom. The van der Waals surface area contributed by atoms with E-state index in [1.54, 1.807) is 42.1 Å². The second kappa shape index (κ2) is 8.42. The van der Waals surface area contributed by atoms with Gasteiger partial charge in [-0.2, -0.15) is 0 Å². The molecule has 0 saturated carbocycles. The molecule has 1 amide bonds. The third-order valence-electron chi connectivity index (χ3n) is 4.35. The Kier molecular flexibility index (Phi) is 5.56. The van der Waals surface area contributed by atoms with Crippen molar-refractivity contribution in [1.29, 1.82) is 0 Å². The number of carbonyl (C=O) groups excluding carboxylic acids is 1. The van der Waals surface area contributed by atoms with Crippen LogP contribution in [0.2, 0.25) is 0 Å². The van der Waals surface area contributed by atoms with Crippen molar-refractivity contribution in [3.8, 4) is 10.6 Å². The Morgan fingerprint density at radius 1 is 1.21 bits per heavy atom. The summed E-state index contributed by atoms with van der Waals surface area (Å²) in [7, 11) is 0. The molecule has 0 aromatic carbocycles. The van der Waals surface area contributed by atoms with Crippen LogP contribution in [0.1, 0.15) is 15.4 Å². The van der Waals surface area contributed by atoms with Crippen LogP contribution in [0.5, 0.6) is 0 Å². The first-order valence-electron chi connectivity index (χ1n) is 8.92. The van der Waals surface area contributed by atoms with E-state index >= 15 is 0 Å². The van der Waals surface area contributed by atoms with Gasteiger partial charge < -0.3 is 15.8 Å². The number of hydrogen-bond acceptors (Lipinski definition) is 8. The first-order valence-corrected chi connectivity index (χ1v) is 9.74. The number of nitrogens with two attached hydrogens (primary N) is 1. The molecule has 0 aliphatic carbocycles. The minimum atomic E-state index is -0.400. The molecule has 0 radical (unpaired) electrons. The topological polar surface area (TPSA) is 106 Å². The number of aromatic nitrogens is 3. The van der Waals surface area contributed by atoms with E-state index in [2.05, 4.69) is 31.2 Å². The maximum absolute atomic E-state index is 12.6. The Labute approximate surface area is 166 Å². The number of carbonyl (C=O) groups is 1. The summed E-state index contributed by atoms with van der Waals surface area (Å²) in [6.45, 7) is 4.31. The van der Waals surface area contributed by atoms with Gasteiger partial charge in [-0.05, 0) is 24.3 Å². The molecule has 0 spiro atoms. The predicted molar refractivity (Wildman–Crippen MR) is 108 cm³/mol.